The molecule has 0 spiro atoms. The Morgan fingerprint density at radius 1 is 1.08 bits per heavy atom. The maximum atomic E-state index is 12.8. The van der Waals surface area contributed by atoms with Gasteiger partial charge in [-0.15, -0.1) is 0 Å². The molecule has 3 aliphatic rings. The van der Waals surface area contributed by atoms with Crippen LogP contribution in [0, 0.1) is 5.92 Å². The van der Waals surface area contributed by atoms with Crippen molar-refractivity contribution in [2.24, 2.45) is 5.92 Å². The Balaban J connectivity index is 1.46. The Kier molecular flexibility index (Phi) is 3.13. The zero-order valence-corrected chi connectivity index (χ0v) is 13.6. The minimum Gasteiger partial charge on any atom is -0.348 e. The van der Waals surface area contributed by atoms with Crippen molar-refractivity contribution in [2.75, 3.05) is 19.6 Å². The van der Waals surface area contributed by atoms with E-state index in [-0.39, 0.29) is 5.91 Å². The maximum absolute atomic E-state index is 12.8. The van der Waals surface area contributed by atoms with Crippen LogP contribution in [0.3, 0.4) is 0 Å². The molecular formula is C20H21N3O. The van der Waals surface area contributed by atoms with Gasteiger partial charge in [0.05, 0.1) is 11.1 Å². The number of hydrogen-bond acceptors (Lipinski definition) is 2. The van der Waals surface area contributed by atoms with E-state index < -0.39 is 0 Å². The van der Waals surface area contributed by atoms with Crippen molar-refractivity contribution in [1.82, 2.24) is 14.6 Å². The van der Waals surface area contributed by atoms with Gasteiger partial charge in [-0.05, 0) is 55.4 Å². The molecule has 0 saturated carbocycles. The Morgan fingerprint density at radius 3 is 2.71 bits per heavy atom. The molecule has 0 radical (unpaired) electrons. The van der Waals surface area contributed by atoms with Gasteiger partial charge in [-0.1, -0.05) is 24.3 Å². The first-order valence-electron chi connectivity index (χ1n) is 8.81. The molecule has 0 unspecified atom stereocenters. The number of para-hydroxylation sites is 1. The lowest BCUT2D eigenvalue weighted by Crippen LogP contribution is -2.57. The highest BCUT2D eigenvalue weighted by molar-refractivity contribution is 5.97. The molecule has 3 saturated heterocycles. The number of hydrogen-bond donors (Lipinski definition) is 1. The summed E-state index contributed by atoms with van der Waals surface area (Å²) in [6.07, 6.45) is 4.40. The molecule has 1 aromatic carbocycles. The van der Waals surface area contributed by atoms with E-state index >= 15 is 0 Å². The van der Waals surface area contributed by atoms with Crippen molar-refractivity contribution < 1.29 is 4.79 Å². The molecule has 5 heterocycles. The average molecular weight is 319 g/mol. The summed E-state index contributed by atoms with van der Waals surface area (Å²) in [6.45, 7) is 3.39. The molecule has 3 fully saturated rings. The van der Waals surface area contributed by atoms with Crippen molar-refractivity contribution in [3.8, 4) is 0 Å². The van der Waals surface area contributed by atoms with E-state index in [0.717, 1.165) is 23.1 Å². The number of nitrogens with one attached hydrogen (secondary N) is 1. The summed E-state index contributed by atoms with van der Waals surface area (Å²) in [6, 6.07) is 14.8. The van der Waals surface area contributed by atoms with Crippen LogP contribution in [0.25, 0.3) is 16.4 Å². The van der Waals surface area contributed by atoms with Crippen LogP contribution in [0.2, 0.25) is 0 Å². The van der Waals surface area contributed by atoms with E-state index in [1.807, 2.05) is 24.4 Å². The van der Waals surface area contributed by atoms with E-state index in [2.05, 4.69) is 38.9 Å². The quantitative estimate of drug-likeness (QED) is 0.788. The average Bonchev–Trinajstić information content (AvgIpc) is 3.08. The lowest BCUT2D eigenvalue weighted by Gasteiger charge is -2.44. The normalized spacial score (nSPS) is 26.1. The molecule has 4 heteroatoms. The van der Waals surface area contributed by atoms with Crippen LogP contribution in [0.5, 0.6) is 0 Å². The second-order valence-corrected chi connectivity index (χ2v) is 7.13. The van der Waals surface area contributed by atoms with Gasteiger partial charge in [-0.25, -0.2) is 0 Å². The number of rotatable bonds is 2. The molecule has 3 aliphatic heterocycles. The molecule has 2 aromatic heterocycles. The summed E-state index contributed by atoms with van der Waals surface area (Å²) in [4.78, 5) is 15.2. The summed E-state index contributed by atoms with van der Waals surface area (Å²) >= 11 is 0. The molecule has 1 amide bonds. The Hall–Kier alpha value is -2.33. The van der Waals surface area contributed by atoms with E-state index in [1.165, 1.54) is 31.3 Å². The Morgan fingerprint density at radius 2 is 1.92 bits per heavy atom. The van der Waals surface area contributed by atoms with Gasteiger partial charge in [0.2, 0.25) is 0 Å². The van der Waals surface area contributed by atoms with Gasteiger partial charge in [0, 0.05) is 24.3 Å². The van der Waals surface area contributed by atoms with Gasteiger partial charge >= 0.3 is 0 Å². The topological polar surface area (TPSA) is 36.8 Å². The number of amides is 1. The standard InChI is InChI=1S/C20H21N3O/c24-20(21-18-13-22-9-7-14(18)8-10-22)16-11-17-6-5-15-3-1-2-4-19(15)23(17)12-16/h1-6,11-12,14,18H,7-10,13H2,(H,21,24)/t18-/m0/s1. The molecule has 2 bridgehead atoms. The summed E-state index contributed by atoms with van der Waals surface area (Å²) in [5.74, 6) is 0.707. The summed E-state index contributed by atoms with van der Waals surface area (Å²) in [7, 11) is 0. The fourth-order valence-electron chi connectivity index (χ4n) is 4.34. The smallest absolute Gasteiger partial charge is 0.253 e. The third-order valence-corrected chi connectivity index (χ3v) is 5.71. The third kappa shape index (κ3) is 2.21. The second-order valence-electron chi connectivity index (χ2n) is 7.13. The molecule has 122 valence electrons. The molecule has 1 atom stereocenters. The highest BCUT2D eigenvalue weighted by Gasteiger charge is 2.35. The number of pyridine rings is 1. The molecule has 0 aliphatic carbocycles. The van der Waals surface area contributed by atoms with Crippen molar-refractivity contribution >= 4 is 22.3 Å². The number of benzene rings is 1. The molecule has 3 aromatic rings. The molecule has 24 heavy (non-hydrogen) atoms. The van der Waals surface area contributed by atoms with E-state index in [0.29, 0.717) is 12.0 Å². The minimum atomic E-state index is 0.0570. The van der Waals surface area contributed by atoms with Crippen LogP contribution in [0.4, 0.5) is 0 Å². The van der Waals surface area contributed by atoms with Crippen LogP contribution in [-0.2, 0) is 0 Å². The summed E-state index contributed by atoms with van der Waals surface area (Å²) < 4.78 is 2.11. The number of carbonyl (C=O) groups excluding carboxylic acids is 1. The Labute approximate surface area is 141 Å². The largest absolute Gasteiger partial charge is 0.348 e. The van der Waals surface area contributed by atoms with Gasteiger partial charge in [0.25, 0.3) is 5.91 Å². The number of aromatic nitrogens is 1. The van der Waals surface area contributed by atoms with Crippen molar-refractivity contribution in [2.45, 2.75) is 18.9 Å². The van der Waals surface area contributed by atoms with Gasteiger partial charge < -0.3 is 14.6 Å². The first-order chi connectivity index (χ1) is 11.8. The van der Waals surface area contributed by atoms with Gasteiger partial charge in [-0.3, -0.25) is 4.79 Å². The molecular weight excluding hydrogens is 298 g/mol. The number of piperidine rings is 3. The third-order valence-electron chi connectivity index (χ3n) is 5.71. The zero-order chi connectivity index (χ0) is 16.1. The minimum absolute atomic E-state index is 0.0570. The Bertz CT molecular complexity index is 921. The van der Waals surface area contributed by atoms with E-state index in [1.54, 1.807) is 0 Å². The van der Waals surface area contributed by atoms with Crippen LogP contribution in [0.1, 0.15) is 23.2 Å². The van der Waals surface area contributed by atoms with Crippen molar-refractivity contribution in [3.05, 3.63) is 54.2 Å². The lowest BCUT2D eigenvalue weighted by atomic mass is 9.84. The number of nitrogens with zero attached hydrogens (tertiary/aromatic N) is 2. The first-order valence-corrected chi connectivity index (χ1v) is 8.81. The van der Waals surface area contributed by atoms with Crippen molar-refractivity contribution in [1.29, 1.82) is 0 Å². The van der Waals surface area contributed by atoms with Gasteiger partial charge in [0.1, 0.15) is 0 Å². The molecule has 4 nitrogen and oxygen atoms in total. The van der Waals surface area contributed by atoms with Crippen molar-refractivity contribution in [3.63, 3.8) is 0 Å². The number of carbonyl (C=O) groups is 1. The second kappa shape index (κ2) is 5.35. The first kappa shape index (κ1) is 14.1. The predicted molar refractivity (Wildman–Crippen MR) is 95.3 cm³/mol. The van der Waals surface area contributed by atoms with Crippen LogP contribution in [0.15, 0.2) is 48.7 Å². The van der Waals surface area contributed by atoms with Crippen LogP contribution in [-0.4, -0.2) is 40.9 Å². The highest BCUT2D eigenvalue weighted by atomic mass is 16.1. The molecule has 6 rings (SSSR count). The van der Waals surface area contributed by atoms with Gasteiger partial charge in [-0.2, -0.15) is 0 Å². The lowest BCUT2D eigenvalue weighted by molar-refractivity contribution is 0.0620. The molecule has 1 N–H and O–H groups in total. The monoisotopic (exact) mass is 319 g/mol. The fraction of sp³-hybridized carbons (Fsp3) is 0.350. The summed E-state index contributed by atoms with van der Waals surface area (Å²) in [5, 5.41) is 4.47. The zero-order valence-electron chi connectivity index (χ0n) is 13.6. The van der Waals surface area contributed by atoms with E-state index in [9.17, 15) is 4.79 Å². The van der Waals surface area contributed by atoms with Gasteiger partial charge in [0.15, 0.2) is 0 Å². The fourth-order valence-corrected chi connectivity index (χ4v) is 4.34. The summed E-state index contributed by atoms with van der Waals surface area (Å²) in [5.41, 5.74) is 2.95. The highest BCUT2D eigenvalue weighted by Crippen LogP contribution is 2.28. The van der Waals surface area contributed by atoms with Crippen LogP contribution >= 0.6 is 0 Å². The predicted octanol–water partition coefficient (Wildman–Crippen LogP) is 2.92. The number of fused-ring (bicyclic) bond motifs is 6. The van der Waals surface area contributed by atoms with E-state index in [4.69, 9.17) is 0 Å². The SMILES string of the molecule is O=C(N[C@H]1CN2CCC1CC2)c1cc2ccc3ccccc3n2c1. The van der Waals surface area contributed by atoms with Crippen LogP contribution < -0.4 is 5.32 Å². The maximum Gasteiger partial charge on any atom is 0.253 e.